The van der Waals surface area contributed by atoms with E-state index in [1.807, 2.05) is 0 Å². The lowest BCUT2D eigenvalue weighted by Crippen LogP contribution is -2.07. The van der Waals surface area contributed by atoms with Crippen molar-refractivity contribution in [2.75, 3.05) is 5.73 Å². The third kappa shape index (κ3) is 1.62. The van der Waals surface area contributed by atoms with E-state index < -0.39 is 11.7 Å². The van der Waals surface area contributed by atoms with Crippen LogP contribution >= 0.6 is 0 Å². The molecule has 0 saturated carbocycles. The Morgan fingerprint density at radius 2 is 1.88 bits per heavy atom. The fraction of sp³-hybridized carbons (Fsp3) is 0.100. The summed E-state index contributed by atoms with van der Waals surface area (Å²) in [6, 6.07) is 3.51. The smallest absolute Gasteiger partial charge is 0.418 e. The molecule has 0 aliphatic heterocycles. The molecule has 0 amide bonds. The number of benzene rings is 1. The average molecular weight is 228 g/mol. The van der Waals surface area contributed by atoms with Gasteiger partial charge in [0.15, 0.2) is 0 Å². The molecule has 1 aromatic heterocycles. The van der Waals surface area contributed by atoms with E-state index in [-0.39, 0.29) is 22.3 Å². The second-order valence-electron chi connectivity index (χ2n) is 3.28. The van der Waals surface area contributed by atoms with Gasteiger partial charge in [0.1, 0.15) is 11.6 Å². The number of hydrogen-bond acceptors (Lipinski definition) is 3. The van der Waals surface area contributed by atoms with Crippen LogP contribution in [0.3, 0.4) is 0 Å². The van der Waals surface area contributed by atoms with Crippen molar-refractivity contribution < 1.29 is 18.3 Å². The van der Waals surface area contributed by atoms with Gasteiger partial charge in [-0.2, -0.15) is 13.2 Å². The Hall–Kier alpha value is -1.98. The van der Waals surface area contributed by atoms with Crippen LogP contribution in [0.5, 0.6) is 5.75 Å². The first-order chi connectivity index (χ1) is 7.39. The van der Waals surface area contributed by atoms with Crippen molar-refractivity contribution in [1.82, 2.24) is 4.98 Å². The molecule has 0 spiro atoms. The highest BCUT2D eigenvalue weighted by Gasteiger charge is 2.33. The zero-order valence-electron chi connectivity index (χ0n) is 7.92. The molecule has 0 aliphatic carbocycles. The molecular weight excluding hydrogens is 221 g/mol. The third-order valence-corrected chi connectivity index (χ3v) is 2.21. The summed E-state index contributed by atoms with van der Waals surface area (Å²) in [5.41, 5.74) is 4.58. The number of nitrogens with zero attached hydrogens (tertiary/aromatic N) is 1. The molecule has 3 nitrogen and oxygen atoms in total. The summed E-state index contributed by atoms with van der Waals surface area (Å²) in [6.07, 6.45) is -3.80. The molecule has 3 N–H and O–H groups in total. The monoisotopic (exact) mass is 228 g/mol. The van der Waals surface area contributed by atoms with Gasteiger partial charge in [0.2, 0.25) is 0 Å². The lowest BCUT2D eigenvalue weighted by molar-refractivity contribution is -0.136. The summed E-state index contributed by atoms with van der Waals surface area (Å²) in [4.78, 5) is 3.46. The Morgan fingerprint density at radius 1 is 1.19 bits per heavy atom. The maximum Gasteiger partial charge on any atom is 0.418 e. The van der Waals surface area contributed by atoms with E-state index in [9.17, 15) is 18.3 Å². The van der Waals surface area contributed by atoms with Crippen LogP contribution in [-0.2, 0) is 6.18 Å². The number of nitrogen functional groups attached to an aromatic ring is 1. The predicted octanol–water partition coefficient (Wildman–Crippen LogP) is 2.54. The Labute approximate surface area is 88.3 Å². The molecule has 0 bridgehead atoms. The highest BCUT2D eigenvalue weighted by Crippen LogP contribution is 2.36. The third-order valence-electron chi connectivity index (χ3n) is 2.21. The number of fused-ring (bicyclic) bond motifs is 1. The van der Waals surface area contributed by atoms with E-state index in [0.29, 0.717) is 6.20 Å². The number of hydrogen-bond donors (Lipinski definition) is 2. The van der Waals surface area contributed by atoms with Crippen LogP contribution in [-0.4, -0.2) is 10.1 Å². The first-order valence-corrected chi connectivity index (χ1v) is 4.34. The van der Waals surface area contributed by atoms with Crippen molar-refractivity contribution in [3.63, 3.8) is 0 Å². The molecule has 0 saturated heterocycles. The number of halogens is 3. The van der Waals surface area contributed by atoms with E-state index in [2.05, 4.69) is 4.98 Å². The fourth-order valence-corrected chi connectivity index (χ4v) is 1.48. The zero-order valence-corrected chi connectivity index (χ0v) is 7.92. The van der Waals surface area contributed by atoms with Gasteiger partial charge in [-0.05, 0) is 23.6 Å². The topological polar surface area (TPSA) is 59.1 Å². The summed E-state index contributed by atoms with van der Waals surface area (Å²) < 4.78 is 37.8. The molecular formula is C10H7F3N2O. The van der Waals surface area contributed by atoms with Gasteiger partial charge in [-0.15, -0.1) is 0 Å². The molecule has 0 atom stereocenters. The van der Waals surface area contributed by atoms with Crippen LogP contribution in [0.25, 0.3) is 10.8 Å². The fourth-order valence-electron chi connectivity index (χ4n) is 1.48. The standard InChI is InChI=1S/C10H7F3N2O/c11-10(12,13)8-4-15-9(14)7-3-5(16)1-2-6(7)8/h1-4,16H,(H2,14,15). The minimum atomic E-state index is -4.49. The second-order valence-corrected chi connectivity index (χ2v) is 3.28. The van der Waals surface area contributed by atoms with Crippen molar-refractivity contribution in [3.05, 3.63) is 30.0 Å². The summed E-state index contributed by atoms with van der Waals surface area (Å²) >= 11 is 0. The van der Waals surface area contributed by atoms with E-state index >= 15 is 0 Å². The molecule has 0 radical (unpaired) electrons. The molecule has 1 aromatic carbocycles. The van der Waals surface area contributed by atoms with Crippen molar-refractivity contribution in [3.8, 4) is 5.75 Å². The van der Waals surface area contributed by atoms with Gasteiger partial charge in [-0.1, -0.05) is 0 Å². The molecule has 6 heteroatoms. The van der Waals surface area contributed by atoms with Gasteiger partial charge in [-0.25, -0.2) is 4.98 Å². The molecule has 0 fully saturated rings. The number of alkyl halides is 3. The normalized spacial score (nSPS) is 11.9. The lowest BCUT2D eigenvalue weighted by Gasteiger charge is -2.11. The maximum absolute atomic E-state index is 12.6. The van der Waals surface area contributed by atoms with Gasteiger partial charge < -0.3 is 10.8 Å². The van der Waals surface area contributed by atoms with Crippen LogP contribution in [0, 0.1) is 0 Å². The van der Waals surface area contributed by atoms with E-state index in [0.717, 1.165) is 6.07 Å². The van der Waals surface area contributed by atoms with Crippen LogP contribution in [0.1, 0.15) is 5.56 Å². The van der Waals surface area contributed by atoms with Crippen molar-refractivity contribution in [2.24, 2.45) is 0 Å². The Balaban J connectivity index is 2.85. The van der Waals surface area contributed by atoms with Gasteiger partial charge in [0.25, 0.3) is 0 Å². The number of anilines is 1. The maximum atomic E-state index is 12.6. The zero-order chi connectivity index (χ0) is 11.9. The molecule has 84 valence electrons. The quantitative estimate of drug-likeness (QED) is 0.728. The first kappa shape index (κ1) is 10.5. The van der Waals surface area contributed by atoms with Crippen LogP contribution in [0.15, 0.2) is 24.4 Å². The van der Waals surface area contributed by atoms with Gasteiger partial charge in [0.05, 0.1) is 5.56 Å². The molecule has 0 unspecified atom stereocenters. The van der Waals surface area contributed by atoms with E-state index in [4.69, 9.17) is 5.73 Å². The molecule has 1 heterocycles. The summed E-state index contributed by atoms with van der Waals surface area (Å²) in [6.45, 7) is 0. The predicted molar refractivity (Wildman–Crippen MR) is 52.8 cm³/mol. The minimum absolute atomic E-state index is 0.0427. The van der Waals surface area contributed by atoms with Crippen LogP contribution < -0.4 is 5.73 Å². The minimum Gasteiger partial charge on any atom is -0.508 e. The van der Waals surface area contributed by atoms with Crippen molar-refractivity contribution in [1.29, 1.82) is 0 Å². The number of phenolic OH excluding ortho intramolecular Hbond substituents is 1. The Kier molecular flexibility index (Phi) is 2.15. The van der Waals surface area contributed by atoms with E-state index in [1.54, 1.807) is 0 Å². The summed E-state index contributed by atoms with van der Waals surface area (Å²) in [5, 5.41) is 9.20. The Morgan fingerprint density at radius 3 is 2.50 bits per heavy atom. The van der Waals surface area contributed by atoms with Gasteiger partial charge in [0, 0.05) is 11.6 Å². The first-order valence-electron chi connectivity index (χ1n) is 4.34. The summed E-state index contributed by atoms with van der Waals surface area (Å²) in [5.74, 6) is -0.195. The average Bonchev–Trinajstić information content (AvgIpc) is 2.17. The van der Waals surface area contributed by atoms with Crippen molar-refractivity contribution in [2.45, 2.75) is 6.18 Å². The van der Waals surface area contributed by atoms with Crippen LogP contribution in [0.2, 0.25) is 0 Å². The molecule has 2 aromatic rings. The van der Waals surface area contributed by atoms with Crippen molar-refractivity contribution >= 4 is 16.6 Å². The molecule has 2 rings (SSSR count). The molecule has 0 aliphatic rings. The summed E-state index contributed by atoms with van der Waals surface area (Å²) in [7, 11) is 0. The molecule has 16 heavy (non-hydrogen) atoms. The SMILES string of the molecule is Nc1ncc(C(F)(F)F)c2ccc(O)cc12. The van der Waals surface area contributed by atoms with Crippen LogP contribution in [0.4, 0.5) is 19.0 Å². The van der Waals surface area contributed by atoms with Gasteiger partial charge >= 0.3 is 6.18 Å². The largest absolute Gasteiger partial charge is 0.508 e. The second kappa shape index (κ2) is 3.26. The number of rotatable bonds is 0. The number of aromatic nitrogens is 1. The number of pyridine rings is 1. The highest BCUT2D eigenvalue weighted by molar-refractivity contribution is 5.94. The van der Waals surface area contributed by atoms with E-state index in [1.165, 1.54) is 12.1 Å². The number of nitrogens with two attached hydrogens (primary N) is 1. The van der Waals surface area contributed by atoms with Gasteiger partial charge in [-0.3, -0.25) is 0 Å². The number of phenols is 1. The lowest BCUT2D eigenvalue weighted by atomic mass is 10.1. The Bertz CT molecular complexity index is 551. The number of aromatic hydroxyl groups is 1. The highest BCUT2D eigenvalue weighted by atomic mass is 19.4.